The van der Waals surface area contributed by atoms with Gasteiger partial charge in [0.25, 0.3) is 0 Å². The molecule has 0 spiro atoms. The molecular weight excluding hydrogens is 372 g/mol. The molecule has 2 unspecified atom stereocenters. The number of para-hydroxylation sites is 1. The number of rotatable bonds is 9. The summed E-state index contributed by atoms with van der Waals surface area (Å²) in [6.07, 6.45) is 1.63. The van der Waals surface area contributed by atoms with Gasteiger partial charge in [-0.15, -0.1) is 0 Å². The Hall–Kier alpha value is -2.27. The molecule has 0 fully saturated rings. The summed E-state index contributed by atoms with van der Waals surface area (Å²) in [4.78, 5) is 16.3. The first-order valence-corrected chi connectivity index (χ1v) is 9.96. The van der Waals surface area contributed by atoms with E-state index in [1.807, 2.05) is 60.7 Å². The maximum atomic E-state index is 11.8. The lowest BCUT2D eigenvalue weighted by atomic mass is 9.79. The zero-order chi connectivity index (χ0) is 20.0. The number of aldehydes is 1. The number of aliphatic hydroxyl groups is 1. The van der Waals surface area contributed by atoms with Gasteiger partial charge >= 0.3 is 0 Å². The summed E-state index contributed by atoms with van der Waals surface area (Å²) in [5.41, 5.74) is 1.34. The van der Waals surface area contributed by atoms with Crippen LogP contribution in [-0.2, 0) is 16.8 Å². The molecule has 0 aliphatic carbocycles. The number of pyridine rings is 1. The average molecular weight is 397 g/mol. The van der Waals surface area contributed by atoms with Gasteiger partial charge in [0.15, 0.2) is 6.29 Å². The Morgan fingerprint density at radius 1 is 1.18 bits per heavy atom. The van der Waals surface area contributed by atoms with Crippen molar-refractivity contribution < 1.29 is 9.90 Å². The number of hydrogen-bond acceptors (Lipinski definition) is 4. The fraction of sp³-hybridized carbons (Fsp3) is 0.304. The number of carbonyl (C=O) groups excluding carboxylic acids is 1. The second-order valence-corrected chi connectivity index (χ2v) is 7.37. The summed E-state index contributed by atoms with van der Waals surface area (Å²) in [6, 6.07) is 19.4. The quantitative estimate of drug-likeness (QED) is 0.322. The fourth-order valence-electron chi connectivity index (χ4n) is 3.55. The van der Waals surface area contributed by atoms with Crippen molar-refractivity contribution in [2.24, 2.45) is 0 Å². The van der Waals surface area contributed by atoms with Crippen LogP contribution in [0.1, 0.15) is 30.9 Å². The number of nitrogens with zero attached hydrogens (tertiary/aromatic N) is 1. The summed E-state index contributed by atoms with van der Waals surface area (Å²) in [5, 5.41) is 15.5. The Bertz CT molecular complexity index is 932. The zero-order valence-corrected chi connectivity index (χ0v) is 16.7. The molecule has 0 radical (unpaired) electrons. The number of aromatic nitrogens is 1. The predicted octanol–water partition coefficient (Wildman–Crippen LogP) is 4.28. The van der Waals surface area contributed by atoms with E-state index in [4.69, 9.17) is 11.6 Å². The first-order valence-electron chi connectivity index (χ1n) is 9.59. The van der Waals surface area contributed by atoms with Gasteiger partial charge in [0.2, 0.25) is 0 Å². The van der Waals surface area contributed by atoms with Crippen LogP contribution in [0.3, 0.4) is 0 Å². The molecule has 0 aliphatic rings. The Morgan fingerprint density at radius 3 is 2.61 bits per heavy atom. The van der Waals surface area contributed by atoms with Crippen LogP contribution >= 0.6 is 11.6 Å². The van der Waals surface area contributed by atoms with Gasteiger partial charge in [0.05, 0.1) is 11.1 Å². The third-order valence-electron chi connectivity index (χ3n) is 5.09. The predicted molar refractivity (Wildman–Crippen MR) is 114 cm³/mol. The van der Waals surface area contributed by atoms with Crippen molar-refractivity contribution >= 4 is 28.8 Å². The van der Waals surface area contributed by atoms with Crippen molar-refractivity contribution in [2.75, 3.05) is 6.54 Å². The molecule has 3 aromatic rings. The number of carbonyl (C=O) groups is 1. The zero-order valence-electron chi connectivity index (χ0n) is 15.9. The highest BCUT2D eigenvalue weighted by molar-refractivity contribution is 6.30. The maximum Gasteiger partial charge on any atom is 0.150 e. The SMILES string of the molecule is CCCCNC(Cc1ccccc1)(c1cc2ccccc2nc1Cl)C(O)C=O. The van der Waals surface area contributed by atoms with E-state index in [-0.39, 0.29) is 0 Å². The molecule has 0 saturated heterocycles. The Labute approximate surface area is 170 Å². The minimum Gasteiger partial charge on any atom is -0.383 e. The van der Waals surface area contributed by atoms with Crippen molar-refractivity contribution in [3.63, 3.8) is 0 Å². The van der Waals surface area contributed by atoms with Gasteiger partial charge < -0.3 is 15.2 Å². The lowest BCUT2D eigenvalue weighted by molar-refractivity contribution is -0.119. The standard InChI is InChI=1S/C23H25ClN2O2/c1-2-3-13-25-23(21(28)16-27,15-17-9-5-4-6-10-17)19-14-18-11-7-8-12-20(18)26-22(19)24/h4-12,14,16,21,25,28H,2-3,13,15H2,1H3. The van der Waals surface area contributed by atoms with Crippen molar-refractivity contribution in [2.45, 2.75) is 37.8 Å². The molecule has 1 heterocycles. The van der Waals surface area contributed by atoms with Gasteiger partial charge in [0.1, 0.15) is 11.3 Å². The molecule has 146 valence electrons. The van der Waals surface area contributed by atoms with E-state index >= 15 is 0 Å². The number of aliphatic hydroxyl groups excluding tert-OH is 1. The van der Waals surface area contributed by atoms with Gasteiger partial charge in [-0.05, 0) is 37.1 Å². The minimum absolute atomic E-state index is 0.291. The van der Waals surface area contributed by atoms with Crippen LogP contribution in [0, 0.1) is 0 Å². The number of nitrogens with one attached hydrogen (secondary N) is 1. The highest BCUT2D eigenvalue weighted by Gasteiger charge is 2.41. The summed E-state index contributed by atoms with van der Waals surface area (Å²) >= 11 is 6.59. The third kappa shape index (κ3) is 4.25. The third-order valence-corrected chi connectivity index (χ3v) is 5.38. The van der Waals surface area contributed by atoms with Crippen LogP contribution in [0.15, 0.2) is 60.7 Å². The number of fused-ring (bicyclic) bond motifs is 1. The second kappa shape index (κ2) is 9.28. The smallest absolute Gasteiger partial charge is 0.150 e. The number of benzene rings is 2. The Balaban J connectivity index is 2.17. The van der Waals surface area contributed by atoms with Gasteiger partial charge in [-0.2, -0.15) is 0 Å². The van der Waals surface area contributed by atoms with Crippen LogP contribution < -0.4 is 5.32 Å². The minimum atomic E-state index is -1.27. The normalized spacial score (nSPS) is 14.5. The Morgan fingerprint density at radius 2 is 1.89 bits per heavy atom. The molecular formula is C23H25ClN2O2. The summed E-state index contributed by atoms with van der Waals surface area (Å²) in [6.45, 7) is 2.75. The van der Waals surface area contributed by atoms with Crippen LogP contribution in [-0.4, -0.2) is 29.0 Å². The van der Waals surface area contributed by atoms with Gasteiger partial charge in [-0.3, -0.25) is 0 Å². The number of halogens is 1. The first-order chi connectivity index (χ1) is 13.6. The topological polar surface area (TPSA) is 62.2 Å². The van der Waals surface area contributed by atoms with Crippen molar-refractivity contribution in [1.82, 2.24) is 10.3 Å². The molecule has 0 aliphatic heterocycles. The fourth-order valence-corrected chi connectivity index (χ4v) is 3.86. The van der Waals surface area contributed by atoms with Crippen LogP contribution in [0.2, 0.25) is 5.15 Å². The van der Waals surface area contributed by atoms with Crippen LogP contribution in [0.25, 0.3) is 10.9 Å². The second-order valence-electron chi connectivity index (χ2n) is 7.01. The lowest BCUT2D eigenvalue weighted by Crippen LogP contribution is -2.54. The van der Waals surface area contributed by atoms with Crippen molar-refractivity contribution in [3.8, 4) is 0 Å². The molecule has 0 amide bonds. The van der Waals surface area contributed by atoms with Gasteiger partial charge in [-0.25, -0.2) is 4.98 Å². The average Bonchev–Trinajstić information content (AvgIpc) is 2.73. The molecule has 0 bridgehead atoms. The van der Waals surface area contributed by atoms with Gasteiger partial charge in [0, 0.05) is 10.9 Å². The molecule has 28 heavy (non-hydrogen) atoms. The van der Waals surface area contributed by atoms with Gasteiger partial charge in [-0.1, -0.05) is 73.5 Å². The van der Waals surface area contributed by atoms with E-state index in [0.717, 1.165) is 29.3 Å². The van der Waals surface area contributed by atoms with E-state index in [0.29, 0.717) is 30.0 Å². The van der Waals surface area contributed by atoms with E-state index in [2.05, 4.69) is 17.2 Å². The summed E-state index contributed by atoms with van der Waals surface area (Å²) < 4.78 is 0. The molecule has 2 atom stereocenters. The van der Waals surface area contributed by atoms with E-state index < -0.39 is 11.6 Å². The number of unbranched alkanes of at least 4 members (excludes halogenated alkanes) is 1. The first kappa shape index (κ1) is 20.5. The molecule has 5 heteroatoms. The molecule has 4 nitrogen and oxygen atoms in total. The molecule has 0 saturated carbocycles. The molecule has 2 N–H and O–H groups in total. The summed E-state index contributed by atoms with van der Waals surface area (Å²) in [5.74, 6) is 0. The summed E-state index contributed by atoms with van der Waals surface area (Å²) in [7, 11) is 0. The Kier molecular flexibility index (Phi) is 6.79. The molecule has 3 rings (SSSR count). The molecule has 1 aromatic heterocycles. The largest absolute Gasteiger partial charge is 0.383 e. The van der Waals surface area contributed by atoms with Crippen molar-refractivity contribution in [3.05, 3.63) is 76.9 Å². The van der Waals surface area contributed by atoms with E-state index in [1.54, 1.807) is 0 Å². The van der Waals surface area contributed by atoms with Crippen LogP contribution in [0.4, 0.5) is 0 Å². The highest BCUT2D eigenvalue weighted by atomic mass is 35.5. The molecule has 2 aromatic carbocycles. The number of hydrogen-bond donors (Lipinski definition) is 2. The monoisotopic (exact) mass is 396 g/mol. The maximum absolute atomic E-state index is 11.8. The van der Waals surface area contributed by atoms with E-state index in [1.165, 1.54) is 0 Å². The van der Waals surface area contributed by atoms with Crippen molar-refractivity contribution in [1.29, 1.82) is 0 Å². The van der Waals surface area contributed by atoms with E-state index in [9.17, 15) is 9.90 Å². The lowest BCUT2D eigenvalue weighted by Gasteiger charge is -2.38. The van der Waals surface area contributed by atoms with Crippen LogP contribution in [0.5, 0.6) is 0 Å². The highest BCUT2D eigenvalue weighted by Crippen LogP contribution is 2.35.